The Balaban J connectivity index is 2.89. The van der Waals surface area contributed by atoms with Crippen LogP contribution in [0.4, 0.5) is 5.00 Å². The standard InChI is InChI=1S/C10H12N2OS/c1-3-9(13-4-2)12-10-8(7-11)5-6-14-10/h5-6H,3-4H2,1-2H3. The Labute approximate surface area is 87.7 Å². The molecule has 0 unspecified atom stereocenters. The minimum absolute atomic E-state index is 0.611. The van der Waals surface area contributed by atoms with Crippen LogP contribution in [0.1, 0.15) is 25.8 Å². The van der Waals surface area contributed by atoms with Gasteiger partial charge in [0, 0.05) is 6.42 Å². The van der Waals surface area contributed by atoms with Crippen LogP contribution in [0.2, 0.25) is 0 Å². The van der Waals surface area contributed by atoms with E-state index in [0.29, 0.717) is 18.1 Å². The van der Waals surface area contributed by atoms with Crippen LogP contribution >= 0.6 is 11.3 Å². The van der Waals surface area contributed by atoms with Crippen LogP contribution in [0.25, 0.3) is 0 Å². The predicted octanol–water partition coefficient (Wildman–Crippen LogP) is 3.10. The minimum Gasteiger partial charge on any atom is -0.481 e. The highest BCUT2D eigenvalue weighted by molar-refractivity contribution is 7.14. The zero-order chi connectivity index (χ0) is 10.4. The third kappa shape index (κ3) is 2.57. The van der Waals surface area contributed by atoms with Crippen LogP contribution in [0.3, 0.4) is 0 Å². The Morgan fingerprint density at radius 2 is 2.43 bits per heavy atom. The van der Waals surface area contributed by atoms with Crippen LogP contribution in [0, 0.1) is 11.3 Å². The first kappa shape index (κ1) is 10.7. The normalized spacial score (nSPS) is 11.1. The fraction of sp³-hybridized carbons (Fsp3) is 0.400. The molecule has 0 aliphatic carbocycles. The van der Waals surface area contributed by atoms with Gasteiger partial charge in [0.25, 0.3) is 0 Å². The van der Waals surface area contributed by atoms with E-state index in [-0.39, 0.29) is 0 Å². The van der Waals surface area contributed by atoms with E-state index in [9.17, 15) is 0 Å². The maximum Gasteiger partial charge on any atom is 0.188 e. The Morgan fingerprint density at radius 1 is 1.64 bits per heavy atom. The van der Waals surface area contributed by atoms with Crippen molar-refractivity contribution in [1.82, 2.24) is 0 Å². The second-order valence-electron chi connectivity index (χ2n) is 2.54. The molecule has 0 amide bonds. The minimum atomic E-state index is 0.611. The molecule has 74 valence electrons. The molecule has 0 aromatic carbocycles. The van der Waals surface area contributed by atoms with Gasteiger partial charge in [-0.3, -0.25) is 0 Å². The quantitative estimate of drug-likeness (QED) is 0.566. The van der Waals surface area contributed by atoms with E-state index >= 15 is 0 Å². The van der Waals surface area contributed by atoms with Crippen molar-refractivity contribution in [2.24, 2.45) is 4.99 Å². The molecule has 0 spiro atoms. The van der Waals surface area contributed by atoms with Gasteiger partial charge in [0.05, 0.1) is 12.2 Å². The number of hydrogen-bond acceptors (Lipinski definition) is 4. The molecule has 0 saturated heterocycles. The van der Waals surface area contributed by atoms with Gasteiger partial charge >= 0.3 is 0 Å². The Bertz CT molecular complexity index is 362. The summed E-state index contributed by atoms with van der Waals surface area (Å²) in [5.74, 6) is 0.687. The monoisotopic (exact) mass is 208 g/mol. The molecule has 0 N–H and O–H groups in total. The van der Waals surface area contributed by atoms with E-state index in [1.54, 1.807) is 6.07 Å². The first-order valence-corrected chi connectivity index (χ1v) is 5.37. The van der Waals surface area contributed by atoms with Crippen LogP contribution < -0.4 is 0 Å². The summed E-state index contributed by atoms with van der Waals surface area (Å²) in [5, 5.41) is 11.4. The molecule has 0 fully saturated rings. The molecular weight excluding hydrogens is 196 g/mol. The third-order valence-corrected chi connectivity index (χ3v) is 2.41. The van der Waals surface area contributed by atoms with E-state index in [1.807, 2.05) is 19.2 Å². The van der Waals surface area contributed by atoms with Crippen molar-refractivity contribution in [3.8, 4) is 6.07 Å². The maximum absolute atomic E-state index is 8.77. The van der Waals surface area contributed by atoms with Gasteiger partial charge in [-0.05, 0) is 18.4 Å². The molecule has 0 aliphatic rings. The maximum atomic E-state index is 8.77. The average molecular weight is 208 g/mol. The Kier molecular flexibility index (Phi) is 4.14. The SMILES string of the molecule is CCOC(CC)=Nc1sccc1C#N. The highest BCUT2D eigenvalue weighted by atomic mass is 32.1. The number of ether oxygens (including phenoxy) is 1. The van der Waals surface area contributed by atoms with Gasteiger partial charge in [0.15, 0.2) is 5.90 Å². The molecule has 1 rings (SSSR count). The van der Waals surface area contributed by atoms with Crippen molar-refractivity contribution in [3.05, 3.63) is 17.0 Å². The molecule has 1 aromatic heterocycles. The molecule has 3 nitrogen and oxygen atoms in total. The van der Waals surface area contributed by atoms with Gasteiger partial charge in [0.2, 0.25) is 0 Å². The lowest BCUT2D eigenvalue weighted by atomic mass is 10.3. The number of rotatable bonds is 3. The molecule has 0 atom stereocenters. The molecule has 14 heavy (non-hydrogen) atoms. The summed E-state index contributed by atoms with van der Waals surface area (Å²) in [6.45, 7) is 4.51. The molecule has 1 heterocycles. The molecule has 0 saturated carbocycles. The summed E-state index contributed by atoms with van der Waals surface area (Å²) in [5.41, 5.74) is 0.612. The fourth-order valence-corrected chi connectivity index (χ4v) is 1.69. The topological polar surface area (TPSA) is 45.4 Å². The highest BCUT2D eigenvalue weighted by Crippen LogP contribution is 2.26. The lowest BCUT2D eigenvalue weighted by Gasteiger charge is -2.02. The van der Waals surface area contributed by atoms with E-state index in [2.05, 4.69) is 11.1 Å². The first-order chi connectivity index (χ1) is 6.81. The molecular formula is C10H12N2OS. The van der Waals surface area contributed by atoms with Gasteiger partial charge in [-0.25, -0.2) is 4.99 Å². The van der Waals surface area contributed by atoms with Crippen molar-refractivity contribution in [3.63, 3.8) is 0 Å². The van der Waals surface area contributed by atoms with Gasteiger partial charge in [-0.1, -0.05) is 6.92 Å². The smallest absolute Gasteiger partial charge is 0.188 e. The molecule has 0 radical (unpaired) electrons. The van der Waals surface area contributed by atoms with Gasteiger partial charge < -0.3 is 4.74 Å². The van der Waals surface area contributed by atoms with Crippen molar-refractivity contribution < 1.29 is 4.74 Å². The van der Waals surface area contributed by atoms with Crippen molar-refractivity contribution in [1.29, 1.82) is 5.26 Å². The van der Waals surface area contributed by atoms with E-state index in [1.165, 1.54) is 11.3 Å². The molecule has 4 heteroatoms. The molecule has 1 aromatic rings. The third-order valence-electron chi connectivity index (χ3n) is 1.60. The van der Waals surface area contributed by atoms with Crippen LogP contribution in [-0.4, -0.2) is 12.5 Å². The Hall–Kier alpha value is -1.34. The summed E-state index contributed by atoms with van der Waals surface area (Å²) in [4.78, 5) is 4.29. The van der Waals surface area contributed by atoms with E-state index in [4.69, 9.17) is 10.00 Å². The fourth-order valence-electron chi connectivity index (χ4n) is 0.966. The van der Waals surface area contributed by atoms with Gasteiger partial charge in [-0.2, -0.15) is 5.26 Å². The summed E-state index contributed by atoms with van der Waals surface area (Å²) >= 11 is 1.45. The van der Waals surface area contributed by atoms with Crippen molar-refractivity contribution in [2.45, 2.75) is 20.3 Å². The number of nitrogens with zero attached hydrogens (tertiary/aromatic N) is 2. The summed E-state index contributed by atoms with van der Waals surface area (Å²) in [6.07, 6.45) is 0.747. The lowest BCUT2D eigenvalue weighted by molar-refractivity contribution is 0.319. The van der Waals surface area contributed by atoms with E-state index < -0.39 is 0 Å². The zero-order valence-corrected chi connectivity index (χ0v) is 9.10. The van der Waals surface area contributed by atoms with E-state index in [0.717, 1.165) is 11.4 Å². The average Bonchev–Trinajstić information content (AvgIpc) is 2.64. The van der Waals surface area contributed by atoms with Gasteiger partial charge in [-0.15, -0.1) is 11.3 Å². The number of nitriles is 1. The highest BCUT2D eigenvalue weighted by Gasteiger charge is 2.03. The second kappa shape index (κ2) is 5.40. The Morgan fingerprint density at radius 3 is 3.00 bits per heavy atom. The van der Waals surface area contributed by atoms with Crippen molar-refractivity contribution >= 4 is 22.2 Å². The zero-order valence-electron chi connectivity index (χ0n) is 8.28. The predicted molar refractivity (Wildman–Crippen MR) is 58.0 cm³/mol. The van der Waals surface area contributed by atoms with Gasteiger partial charge in [0.1, 0.15) is 11.1 Å². The largest absolute Gasteiger partial charge is 0.481 e. The van der Waals surface area contributed by atoms with Crippen molar-refractivity contribution in [2.75, 3.05) is 6.61 Å². The number of aliphatic imine (C=N–C) groups is 1. The summed E-state index contributed by atoms with van der Waals surface area (Å²) in [6, 6.07) is 3.86. The molecule has 0 bridgehead atoms. The first-order valence-electron chi connectivity index (χ1n) is 4.49. The summed E-state index contributed by atoms with van der Waals surface area (Å²) in [7, 11) is 0. The lowest BCUT2D eigenvalue weighted by Crippen LogP contribution is -2.01. The molecule has 0 aliphatic heterocycles. The van der Waals surface area contributed by atoms with Crippen LogP contribution in [0.5, 0.6) is 0 Å². The second-order valence-corrected chi connectivity index (χ2v) is 3.44. The summed E-state index contributed by atoms with van der Waals surface area (Å²) < 4.78 is 5.31. The number of hydrogen-bond donors (Lipinski definition) is 0. The number of thiophene rings is 1. The van der Waals surface area contributed by atoms with Crippen LogP contribution in [0.15, 0.2) is 16.4 Å². The van der Waals surface area contributed by atoms with Crippen LogP contribution in [-0.2, 0) is 4.74 Å².